The van der Waals surface area contributed by atoms with Gasteiger partial charge in [0.2, 0.25) is 0 Å². The van der Waals surface area contributed by atoms with Crippen LogP contribution in [0.5, 0.6) is 0 Å². The monoisotopic (exact) mass is 392 g/mol. The van der Waals surface area contributed by atoms with Crippen LogP contribution in [0.4, 0.5) is 0 Å². The molecular formula is C21H20N4O2S. The van der Waals surface area contributed by atoms with Gasteiger partial charge in [0.1, 0.15) is 11.5 Å². The molecule has 0 aromatic carbocycles. The van der Waals surface area contributed by atoms with Gasteiger partial charge in [-0.25, -0.2) is 0 Å². The molecule has 0 bridgehead atoms. The topological polar surface area (TPSA) is 79.9 Å². The minimum Gasteiger partial charge on any atom is -0.467 e. The fraction of sp³-hybridized carbons (Fsp3) is 0.190. The van der Waals surface area contributed by atoms with Crippen molar-refractivity contribution in [1.82, 2.24) is 10.3 Å². The Morgan fingerprint density at radius 3 is 2.96 bits per heavy atom. The van der Waals surface area contributed by atoms with Crippen molar-refractivity contribution in [2.75, 3.05) is 0 Å². The number of hydrogen-bond donors (Lipinski definition) is 1. The van der Waals surface area contributed by atoms with E-state index in [-0.39, 0.29) is 11.0 Å². The van der Waals surface area contributed by atoms with Gasteiger partial charge in [0.05, 0.1) is 18.1 Å². The number of rotatable bonds is 7. The molecule has 6 nitrogen and oxygen atoms in total. The van der Waals surface area contributed by atoms with Crippen LogP contribution in [0.2, 0.25) is 0 Å². The van der Waals surface area contributed by atoms with Crippen LogP contribution in [-0.2, 0) is 17.9 Å². The molecule has 0 amide bonds. The molecule has 2 aromatic rings. The van der Waals surface area contributed by atoms with Crippen LogP contribution >= 0.6 is 11.8 Å². The van der Waals surface area contributed by atoms with Gasteiger partial charge in [-0.15, -0.1) is 5.73 Å². The quantitative estimate of drug-likeness (QED) is 0.442. The number of amidine groups is 1. The van der Waals surface area contributed by atoms with E-state index >= 15 is 0 Å². The van der Waals surface area contributed by atoms with Crippen LogP contribution in [0.15, 0.2) is 87.0 Å². The van der Waals surface area contributed by atoms with Gasteiger partial charge < -0.3 is 9.73 Å². The maximum absolute atomic E-state index is 12.7. The first-order valence-corrected chi connectivity index (χ1v) is 9.66. The van der Waals surface area contributed by atoms with E-state index in [1.165, 1.54) is 11.8 Å². The normalized spacial score (nSPS) is 14.5. The Hall–Kier alpha value is -3.15. The molecule has 28 heavy (non-hydrogen) atoms. The zero-order valence-corrected chi connectivity index (χ0v) is 16.2. The maximum Gasteiger partial charge on any atom is 0.194 e. The summed E-state index contributed by atoms with van der Waals surface area (Å²) in [4.78, 5) is 25.5. The second-order valence-electron chi connectivity index (χ2n) is 5.86. The number of hydrogen-bond acceptors (Lipinski definition) is 6. The van der Waals surface area contributed by atoms with Gasteiger partial charge in [-0.2, -0.15) is 0 Å². The summed E-state index contributed by atoms with van der Waals surface area (Å²) in [5, 5.41) is 3.62. The molecule has 7 heteroatoms. The van der Waals surface area contributed by atoms with E-state index < -0.39 is 0 Å². The molecule has 1 N–H and O–H groups in total. The molecule has 0 fully saturated rings. The first-order chi connectivity index (χ1) is 13.7. The molecule has 142 valence electrons. The van der Waals surface area contributed by atoms with Gasteiger partial charge in [0, 0.05) is 25.2 Å². The van der Waals surface area contributed by atoms with Crippen molar-refractivity contribution in [3.8, 4) is 0 Å². The van der Waals surface area contributed by atoms with Crippen molar-refractivity contribution in [3.05, 3.63) is 83.9 Å². The van der Waals surface area contributed by atoms with E-state index in [0.717, 1.165) is 11.3 Å². The Labute approximate surface area is 167 Å². The molecular weight excluding hydrogens is 372 g/mol. The van der Waals surface area contributed by atoms with Crippen LogP contribution in [0.3, 0.4) is 0 Å². The van der Waals surface area contributed by atoms with Crippen LogP contribution in [0.25, 0.3) is 0 Å². The third kappa shape index (κ3) is 5.94. The number of Topliss-reactive ketones (excluding diaryl/α,β-unsaturated/α-hetero) is 1. The highest BCUT2D eigenvalue weighted by molar-refractivity contribution is 8.14. The first-order valence-electron chi connectivity index (χ1n) is 8.78. The third-order valence-corrected chi connectivity index (χ3v) is 4.85. The number of allylic oxidation sites excluding steroid dienone is 3. The van der Waals surface area contributed by atoms with Crippen molar-refractivity contribution in [3.63, 3.8) is 0 Å². The number of pyridine rings is 1. The lowest BCUT2D eigenvalue weighted by molar-refractivity contribution is -0.114. The molecule has 1 atom stereocenters. The summed E-state index contributed by atoms with van der Waals surface area (Å²) in [7, 11) is 0. The smallest absolute Gasteiger partial charge is 0.194 e. The van der Waals surface area contributed by atoms with Gasteiger partial charge in [-0.3, -0.25) is 19.8 Å². The Bertz CT molecular complexity index is 940. The average Bonchev–Trinajstić information content (AvgIpc) is 3.10. The predicted molar refractivity (Wildman–Crippen MR) is 112 cm³/mol. The van der Waals surface area contributed by atoms with Crippen LogP contribution in [0.1, 0.15) is 18.2 Å². The lowest BCUT2D eigenvalue weighted by Gasteiger charge is -2.14. The van der Waals surface area contributed by atoms with E-state index in [9.17, 15) is 4.79 Å². The summed E-state index contributed by atoms with van der Waals surface area (Å²) < 4.78 is 5.35. The van der Waals surface area contributed by atoms with Crippen LogP contribution in [0, 0.1) is 0 Å². The molecule has 0 saturated carbocycles. The molecule has 1 aliphatic rings. The van der Waals surface area contributed by atoms with Crippen LogP contribution < -0.4 is 5.32 Å². The number of ketones is 1. The fourth-order valence-corrected chi connectivity index (χ4v) is 3.18. The molecule has 3 heterocycles. The Balaban J connectivity index is 1.68. The number of carbonyl (C=O) groups is 1. The molecule has 1 unspecified atom stereocenters. The number of aromatic nitrogens is 1. The Kier molecular flexibility index (Phi) is 7.18. The summed E-state index contributed by atoms with van der Waals surface area (Å²) in [5.74, 6) is 0.695. The first kappa shape index (κ1) is 19.6. The van der Waals surface area contributed by atoms with E-state index in [2.05, 4.69) is 26.0 Å². The fourth-order valence-electron chi connectivity index (χ4n) is 2.33. The Morgan fingerprint density at radius 2 is 2.18 bits per heavy atom. The lowest BCUT2D eigenvalue weighted by atomic mass is 10.2. The third-order valence-electron chi connectivity index (χ3n) is 3.78. The number of nitrogens with one attached hydrogen (secondary N) is 1. The summed E-state index contributed by atoms with van der Waals surface area (Å²) in [5.41, 5.74) is 4.38. The lowest BCUT2D eigenvalue weighted by Crippen LogP contribution is -2.25. The number of nitrogens with zero attached hydrogens (tertiary/aromatic N) is 3. The number of furan rings is 1. The SMILES string of the molecule is CC(S/C(=N\Cc1ccco1)NCc1ccncc1)C(=O)C1=CC=C=CC=N1. The zero-order valence-electron chi connectivity index (χ0n) is 15.4. The highest BCUT2D eigenvalue weighted by Crippen LogP contribution is 2.19. The summed E-state index contributed by atoms with van der Waals surface area (Å²) in [6.07, 6.45) is 11.7. The van der Waals surface area contributed by atoms with Gasteiger partial charge in [0.15, 0.2) is 11.0 Å². The highest BCUT2D eigenvalue weighted by atomic mass is 32.2. The summed E-state index contributed by atoms with van der Waals surface area (Å²) in [6, 6.07) is 7.56. The predicted octanol–water partition coefficient (Wildman–Crippen LogP) is 3.69. The molecule has 0 aliphatic carbocycles. The standard InChI is InChI=1S/C21H20N4O2S/c1-16(20(26)19-7-3-2-4-10-23-19)28-21(25-15-18-6-5-13-27-18)24-14-17-8-11-22-12-9-17/h3-13,16H,14-15H2,1H3,(H,24,25). The largest absolute Gasteiger partial charge is 0.467 e. The van der Waals surface area contributed by atoms with Gasteiger partial charge in [-0.1, -0.05) is 11.8 Å². The Morgan fingerprint density at radius 1 is 1.32 bits per heavy atom. The maximum atomic E-state index is 12.7. The second-order valence-corrected chi connectivity index (χ2v) is 7.19. The molecule has 3 rings (SSSR count). The van der Waals surface area contributed by atoms with Crippen LogP contribution in [-0.4, -0.2) is 27.4 Å². The van der Waals surface area contributed by atoms with Gasteiger partial charge in [0.25, 0.3) is 0 Å². The van der Waals surface area contributed by atoms with E-state index in [1.807, 2.05) is 31.2 Å². The molecule has 0 spiro atoms. The average molecular weight is 392 g/mol. The van der Waals surface area contributed by atoms with Gasteiger partial charge in [-0.05, 0) is 55.0 Å². The summed E-state index contributed by atoms with van der Waals surface area (Å²) in [6.45, 7) is 2.83. The molecule has 1 aliphatic heterocycles. The van der Waals surface area contributed by atoms with E-state index in [4.69, 9.17) is 4.42 Å². The summed E-state index contributed by atoms with van der Waals surface area (Å²) >= 11 is 1.37. The van der Waals surface area contributed by atoms with Crippen molar-refractivity contribution in [1.29, 1.82) is 0 Å². The minimum absolute atomic E-state index is 0.0639. The van der Waals surface area contributed by atoms with Crippen molar-refractivity contribution in [2.45, 2.75) is 25.3 Å². The molecule has 2 aromatic heterocycles. The van der Waals surface area contributed by atoms with Gasteiger partial charge >= 0.3 is 0 Å². The van der Waals surface area contributed by atoms with E-state index in [0.29, 0.717) is 24.0 Å². The molecule has 0 saturated heterocycles. The van der Waals surface area contributed by atoms with Crippen molar-refractivity contribution >= 4 is 28.9 Å². The molecule has 0 radical (unpaired) electrons. The highest BCUT2D eigenvalue weighted by Gasteiger charge is 2.20. The number of aliphatic imine (C=N–C) groups is 2. The van der Waals surface area contributed by atoms with Crippen molar-refractivity contribution in [2.24, 2.45) is 9.98 Å². The van der Waals surface area contributed by atoms with E-state index in [1.54, 1.807) is 43.1 Å². The zero-order chi connectivity index (χ0) is 19.6. The minimum atomic E-state index is -0.352. The second kappa shape index (κ2) is 10.3. The number of carbonyl (C=O) groups excluding carboxylic acids is 1. The number of thioether (sulfide) groups is 1. The van der Waals surface area contributed by atoms with Crippen molar-refractivity contribution < 1.29 is 9.21 Å².